The molecule has 0 unspecified atom stereocenters. The van der Waals surface area contributed by atoms with Crippen molar-refractivity contribution in [2.45, 2.75) is 6.54 Å². The number of halogens is 1. The van der Waals surface area contributed by atoms with Crippen molar-refractivity contribution >= 4 is 11.8 Å². The van der Waals surface area contributed by atoms with Crippen LogP contribution in [0, 0.1) is 5.82 Å². The van der Waals surface area contributed by atoms with E-state index in [0.717, 1.165) is 31.7 Å². The van der Waals surface area contributed by atoms with Gasteiger partial charge in [-0.1, -0.05) is 12.1 Å². The lowest BCUT2D eigenvalue weighted by Crippen LogP contribution is -2.47. The lowest BCUT2D eigenvalue weighted by molar-refractivity contribution is 0.0664. The zero-order valence-corrected chi connectivity index (χ0v) is 17.3. The van der Waals surface area contributed by atoms with E-state index in [0.29, 0.717) is 28.9 Å². The van der Waals surface area contributed by atoms with Crippen LogP contribution in [-0.4, -0.2) is 65.0 Å². The number of nitrogens with one attached hydrogen (secondary N) is 2. The highest BCUT2D eigenvalue weighted by Gasteiger charge is 2.20. The van der Waals surface area contributed by atoms with Crippen LogP contribution in [0.5, 0.6) is 0 Å². The number of piperazine rings is 1. The highest BCUT2D eigenvalue weighted by molar-refractivity contribution is 5.99. The van der Waals surface area contributed by atoms with Gasteiger partial charge in [-0.3, -0.25) is 14.7 Å². The van der Waals surface area contributed by atoms with Gasteiger partial charge in [0.25, 0.3) is 11.8 Å². The summed E-state index contributed by atoms with van der Waals surface area (Å²) in [6, 6.07) is 13.1. The summed E-state index contributed by atoms with van der Waals surface area (Å²) in [5.41, 5.74) is 3.12. The molecule has 8 heteroatoms. The van der Waals surface area contributed by atoms with Crippen LogP contribution in [0.3, 0.4) is 0 Å². The number of carbonyl (C=O) groups excluding carboxylic acids is 2. The average Bonchev–Trinajstić information content (AvgIpc) is 3.28. The summed E-state index contributed by atoms with van der Waals surface area (Å²) in [5.74, 6) is -0.597. The number of hydrogen-bond acceptors (Lipinski definition) is 4. The van der Waals surface area contributed by atoms with Gasteiger partial charge in [0.15, 0.2) is 0 Å². The Morgan fingerprint density at radius 2 is 1.71 bits per heavy atom. The Kier molecular flexibility index (Phi) is 6.08. The zero-order valence-electron chi connectivity index (χ0n) is 17.3. The quantitative estimate of drug-likeness (QED) is 0.664. The number of H-pyrrole nitrogens is 1. The normalized spacial score (nSPS) is 14.5. The monoisotopic (exact) mass is 421 g/mol. The van der Waals surface area contributed by atoms with Crippen LogP contribution in [0.2, 0.25) is 0 Å². The minimum Gasteiger partial charge on any atom is -0.348 e. The molecule has 2 amide bonds. The zero-order chi connectivity index (χ0) is 21.8. The first kappa shape index (κ1) is 20.7. The Morgan fingerprint density at radius 1 is 1.03 bits per heavy atom. The Hall–Kier alpha value is -3.52. The molecule has 0 atom stereocenters. The number of rotatable bonds is 5. The van der Waals surface area contributed by atoms with Gasteiger partial charge in [-0.2, -0.15) is 5.10 Å². The first-order valence-electron chi connectivity index (χ1n) is 10.2. The molecule has 1 aromatic heterocycles. The molecule has 7 nitrogen and oxygen atoms in total. The van der Waals surface area contributed by atoms with Crippen LogP contribution in [0.15, 0.2) is 54.7 Å². The predicted molar refractivity (Wildman–Crippen MR) is 115 cm³/mol. The number of hydrogen-bond donors (Lipinski definition) is 2. The van der Waals surface area contributed by atoms with Gasteiger partial charge in [0, 0.05) is 43.9 Å². The van der Waals surface area contributed by atoms with E-state index in [4.69, 9.17) is 0 Å². The molecular formula is C23H24FN5O2. The molecule has 2 heterocycles. The number of benzene rings is 2. The Balaban J connectivity index is 1.37. The molecule has 1 saturated heterocycles. The molecule has 0 aliphatic carbocycles. The maximum atomic E-state index is 13.2. The first-order chi connectivity index (χ1) is 15.0. The van der Waals surface area contributed by atoms with Crippen LogP contribution < -0.4 is 5.32 Å². The second-order valence-electron chi connectivity index (χ2n) is 7.64. The highest BCUT2D eigenvalue weighted by Crippen LogP contribution is 2.21. The van der Waals surface area contributed by atoms with E-state index in [-0.39, 0.29) is 17.6 Å². The van der Waals surface area contributed by atoms with E-state index >= 15 is 0 Å². The number of amides is 2. The van der Waals surface area contributed by atoms with Gasteiger partial charge in [-0.15, -0.1) is 0 Å². The van der Waals surface area contributed by atoms with Crippen molar-refractivity contribution < 1.29 is 14.0 Å². The number of likely N-dealkylation sites (N-methyl/N-ethyl adjacent to an activating group) is 1. The summed E-state index contributed by atoms with van der Waals surface area (Å²) in [6.45, 7) is 3.53. The predicted octanol–water partition coefficient (Wildman–Crippen LogP) is 2.53. The molecule has 3 aromatic rings. The van der Waals surface area contributed by atoms with Crippen molar-refractivity contribution in [2.75, 3.05) is 33.2 Å². The lowest BCUT2D eigenvalue weighted by atomic mass is 10.1. The van der Waals surface area contributed by atoms with Crippen molar-refractivity contribution in [3.63, 3.8) is 0 Å². The molecule has 1 aliphatic rings. The topological polar surface area (TPSA) is 81.3 Å². The van der Waals surface area contributed by atoms with Gasteiger partial charge in [-0.05, 0) is 49.0 Å². The fourth-order valence-electron chi connectivity index (χ4n) is 3.53. The fraction of sp³-hybridized carbons (Fsp3) is 0.261. The molecule has 0 spiro atoms. The average molecular weight is 421 g/mol. The molecule has 31 heavy (non-hydrogen) atoms. The van der Waals surface area contributed by atoms with E-state index in [1.165, 1.54) is 18.3 Å². The molecule has 4 rings (SSSR count). The van der Waals surface area contributed by atoms with E-state index in [2.05, 4.69) is 27.5 Å². The van der Waals surface area contributed by atoms with Gasteiger partial charge in [0.05, 0.1) is 17.5 Å². The van der Waals surface area contributed by atoms with Crippen molar-refractivity contribution in [1.82, 2.24) is 25.3 Å². The SMILES string of the molecule is CN1CCN(C(=O)c2ccc(CNC(=O)c3cn[nH]c3-c3ccc(F)cc3)cc2)CC1. The minimum atomic E-state index is -0.344. The Morgan fingerprint density at radius 3 is 2.39 bits per heavy atom. The van der Waals surface area contributed by atoms with Gasteiger partial charge >= 0.3 is 0 Å². The summed E-state index contributed by atoms with van der Waals surface area (Å²) >= 11 is 0. The van der Waals surface area contributed by atoms with Crippen LogP contribution >= 0.6 is 0 Å². The molecule has 2 aromatic carbocycles. The van der Waals surface area contributed by atoms with Gasteiger partial charge in [0.1, 0.15) is 5.82 Å². The smallest absolute Gasteiger partial charge is 0.255 e. The molecular weight excluding hydrogens is 397 g/mol. The lowest BCUT2D eigenvalue weighted by Gasteiger charge is -2.32. The Bertz CT molecular complexity index is 1050. The second kappa shape index (κ2) is 9.09. The van der Waals surface area contributed by atoms with Gasteiger partial charge < -0.3 is 15.1 Å². The number of nitrogens with zero attached hydrogens (tertiary/aromatic N) is 3. The number of aromatic nitrogens is 2. The summed E-state index contributed by atoms with van der Waals surface area (Å²) in [7, 11) is 2.05. The standard InChI is InChI=1S/C23H24FN5O2/c1-28-10-12-29(13-11-28)23(31)18-4-2-16(3-5-18)14-25-22(30)20-15-26-27-21(20)17-6-8-19(24)9-7-17/h2-9,15H,10-14H2,1H3,(H,25,30)(H,26,27). The van der Waals surface area contributed by atoms with E-state index in [1.54, 1.807) is 24.3 Å². The third-order valence-electron chi connectivity index (χ3n) is 5.46. The molecule has 2 N–H and O–H groups in total. The summed E-state index contributed by atoms with van der Waals surface area (Å²) in [6.07, 6.45) is 1.45. The highest BCUT2D eigenvalue weighted by atomic mass is 19.1. The van der Waals surface area contributed by atoms with Crippen molar-refractivity contribution in [2.24, 2.45) is 0 Å². The molecule has 0 bridgehead atoms. The van der Waals surface area contributed by atoms with E-state index < -0.39 is 0 Å². The summed E-state index contributed by atoms with van der Waals surface area (Å²) < 4.78 is 13.2. The summed E-state index contributed by atoms with van der Waals surface area (Å²) in [4.78, 5) is 29.3. The van der Waals surface area contributed by atoms with E-state index in [1.807, 2.05) is 17.0 Å². The van der Waals surface area contributed by atoms with Crippen molar-refractivity contribution in [3.05, 3.63) is 77.2 Å². The molecule has 0 radical (unpaired) electrons. The van der Waals surface area contributed by atoms with Crippen molar-refractivity contribution in [1.29, 1.82) is 0 Å². The van der Waals surface area contributed by atoms with Gasteiger partial charge in [0.2, 0.25) is 0 Å². The third-order valence-corrected chi connectivity index (χ3v) is 5.46. The minimum absolute atomic E-state index is 0.0334. The van der Waals surface area contributed by atoms with Crippen LogP contribution in [-0.2, 0) is 6.54 Å². The van der Waals surface area contributed by atoms with E-state index in [9.17, 15) is 14.0 Å². The maximum absolute atomic E-state index is 13.2. The molecule has 1 fully saturated rings. The van der Waals surface area contributed by atoms with Crippen LogP contribution in [0.1, 0.15) is 26.3 Å². The number of carbonyl (C=O) groups is 2. The largest absolute Gasteiger partial charge is 0.348 e. The fourth-order valence-corrected chi connectivity index (χ4v) is 3.53. The van der Waals surface area contributed by atoms with Gasteiger partial charge in [-0.25, -0.2) is 4.39 Å². The Labute approximate surface area is 179 Å². The molecule has 0 saturated carbocycles. The molecule has 1 aliphatic heterocycles. The molecule has 160 valence electrons. The van der Waals surface area contributed by atoms with Crippen LogP contribution in [0.25, 0.3) is 11.3 Å². The van der Waals surface area contributed by atoms with Crippen LogP contribution in [0.4, 0.5) is 4.39 Å². The second-order valence-corrected chi connectivity index (χ2v) is 7.64. The summed E-state index contributed by atoms with van der Waals surface area (Å²) in [5, 5.41) is 9.61. The third kappa shape index (κ3) is 4.80. The maximum Gasteiger partial charge on any atom is 0.255 e. The van der Waals surface area contributed by atoms with Crippen molar-refractivity contribution in [3.8, 4) is 11.3 Å². The first-order valence-corrected chi connectivity index (χ1v) is 10.2. The number of aromatic amines is 1.